The highest BCUT2D eigenvalue weighted by molar-refractivity contribution is 7.46. The van der Waals surface area contributed by atoms with E-state index in [1.807, 2.05) is 0 Å². The molecule has 0 bridgehead atoms. The van der Waals surface area contributed by atoms with Gasteiger partial charge in [0.1, 0.15) is 0 Å². The molecule has 0 aliphatic heterocycles. The van der Waals surface area contributed by atoms with Gasteiger partial charge >= 0.3 is 7.82 Å². The summed E-state index contributed by atoms with van der Waals surface area (Å²) in [5, 5.41) is 7.42. The largest absolute Gasteiger partial charge is 0.481 e. The lowest BCUT2D eigenvalue weighted by Gasteiger charge is -1.93. The van der Waals surface area contributed by atoms with E-state index in [1.165, 1.54) is 0 Å². The van der Waals surface area contributed by atoms with Crippen LogP contribution >= 0.6 is 7.82 Å². The Morgan fingerprint density at radius 1 is 1.50 bits per heavy atom. The minimum absolute atomic E-state index is 0.833. The van der Waals surface area contributed by atoms with Gasteiger partial charge in [-0.3, -0.25) is 9.32 Å². The maximum atomic E-state index is 9.47. The Labute approximate surface area is 57.7 Å². The molecule has 0 aromatic heterocycles. The molecule has 0 aromatic rings. The summed E-state index contributed by atoms with van der Waals surface area (Å²) in [6.45, 7) is 1.08. The van der Waals surface area contributed by atoms with Crippen LogP contribution in [-0.4, -0.2) is 28.0 Å². The van der Waals surface area contributed by atoms with Crippen LogP contribution in [0.25, 0.3) is 0 Å². The van der Waals surface area contributed by atoms with E-state index in [9.17, 15) is 4.57 Å². The van der Waals surface area contributed by atoms with Crippen molar-refractivity contribution in [3.63, 3.8) is 0 Å². The van der Waals surface area contributed by atoms with E-state index >= 15 is 0 Å². The molecule has 0 atom stereocenters. The van der Waals surface area contributed by atoms with Crippen LogP contribution in [0.2, 0.25) is 0 Å². The van der Waals surface area contributed by atoms with Crippen LogP contribution in [0.1, 0.15) is 6.92 Å². The molecule has 6 nitrogen and oxygen atoms in total. The standard InChI is InChI=1S/C2H4O2.CH5O4P/c1-2(3)4;1-5-6(2,3)4/h1H3,(H,3,4);1H3,(H2,2,3,4). The topological polar surface area (TPSA) is 104 Å². The molecule has 0 unspecified atom stereocenters. The number of phosphoric acid groups is 1. The van der Waals surface area contributed by atoms with Crippen molar-refractivity contribution in [2.24, 2.45) is 0 Å². The highest BCUT2D eigenvalue weighted by Crippen LogP contribution is 2.33. The summed E-state index contributed by atoms with van der Waals surface area (Å²) in [4.78, 5) is 24.4. The Morgan fingerprint density at radius 2 is 1.60 bits per heavy atom. The molecule has 0 rings (SSSR count). The molecule has 0 radical (unpaired) electrons. The molecule has 0 aliphatic carbocycles. The van der Waals surface area contributed by atoms with Gasteiger partial charge in [-0.15, -0.1) is 0 Å². The van der Waals surface area contributed by atoms with Crippen molar-refractivity contribution in [1.82, 2.24) is 0 Å². The van der Waals surface area contributed by atoms with Crippen molar-refractivity contribution in [1.29, 1.82) is 0 Å². The van der Waals surface area contributed by atoms with Crippen molar-refractivity contribution in [3.05, 3.63) is 0 Å². The van der Waals surface area contributed by atoms with Crippen molar-refractivity contribution in [3.8, 4) is 0 Å². The summed E-state index contributed by atoms with van der Waals surface area (Å²) in [7, 11) is -3.20. The predicted molar refractivity (Wildman–Crippen MR) is 32.4 cm³/mol. The van der Waals surface area contributed by atoms with Gasteiger partial charge in [0.05, 0.1) is 0 Å². The van der Waals surface area contributed by atoms with E-state index in [0.29, 0.717) is 0 Å². The van der Waals surface area contributed by atoms with Crippen molar-refractivity contribution in [2.45, 2.75) is 6.92 Å². The van der Waals surface area contributed by atoms with E-state index in [0.717, 1.165) is 14.0 Å². The van der Waals surface area contributed by atoms with Gasteiger partial charge in [-0.05, 0) is 0 Å². The second-order valence-corrected chi connectivity index (χ2v) is 2.54. The highest BCUT2D eigenvalue weighted by Gasteiger charge is 2.07. The summed E-state index contributed by atoms with van der Waals surface area (Å²) in [6.07, 6.45) is 0. The molecule has 10 heavy (non-hydrogen) atoms. The summed E-state index contributed by atoms with van der Waals surface area (Å²) in [5.41, 5.74) is 0. The van der Waals surface area contributed by atoms with Crippen LogP contribution in [0.5, 0.6) is 0 Å². The lowest BCUT2D eigenvalue weighted by atomic mass is 10.9. The molecule has 0 saturated heterocycles. The molecule has 62 valence electrons. The fraction of sp³-hybridized carbons (Fsp3) is 0.667. The molecule has 0 amide bonds. The summed E-state index contributed by atoms with van der Waals surface area (Å²) in [6, 6.07) is 0. The van der Waals surface area contributed by atoms with Crippen molar-refractivity contribution >= 4 is 13.8 Å². The number of aliphatic carboxylic acids is 1. The van der Waals surface area contributed by atoms with E-state index in [-0.39, 0.29) is 0 Å². The number of hydrogen-bond acceptors (Lipinski definition) is 3. The van der Waals surface area contributed by atoms with Gasteiger partial charge in [-0.25, -0.2) is 4.57 Å². The third-order valence-electron chi connectivity index (χ3n) is 0.238. The molecule has 3 N–H and O–H groups in total. The first kappa shape index (κ1) is 12.3. The Bertz CT molecular complexity index is 132. The lowest BCUT2D eigenvalue weighted by Crippen LogP contribution is -1.78. The molecular formula is C3H9O6P. The zero-order valence-corrected chi connectivity index (χ0v) is 6.41. The minimum Gasteiger partial charge on any atom is -0.481 e. The Morgan fingerprint density at radius 3 is 1.60 bits per heavy atom. The second kappa shape index (κ2) is 5.37. The van der Waals surface area contributed by atoms with E-state index in [4.69, 9.17) is 19.7 Å². The first-order chi connectivity index (χ1) is 4.29. The Balaban J connectivity index is 0. The minimum atomic E-state index is -4.15. The third kappa shape index (κ3) is 49.3. The van der Waals surface area contributed by atoms with Crippen LogP contribution in [0.4, 0.5) is 0 Å². The number of carbonyl (C=O) groups is 1. The van der Waals surface area contributed by atoms with E-state index < -0.39 is 13.8 Å². The van der Waals surface area contributed by atoms with Gasteiger partial charge in [0.15, 0.2) is 0 Å². The molecule has 0 heterocycles. The maximum Gasteiger partial charge on any atom is 0.469 e. The second-order valence-electron chi connectivity index (χ2n) is 1.19. The predicted octanol–water partition coefficient (Wildman–Crippen LogP) is -0.184. The average molecular weight is 172 g/mol. The van der Waals surface area contributed by atoms with E-state index in [1.54, 1.807) is 0 Å². The summed E-state index contributed by atoms with van der Waals surface area (Å²) >= 11 is 0. The van der Waals surface area contributed by atoms with Crippen LogP contribution in [-0.2, 0) is 13.9 Å². The first-order valence-corrected chi connectivity index (χ1v) is 3.63. The van der Waals surface area contributed by atoms with Gasteiger partial charge in [-0.2, -0.15) is 0 Å². The monoisotopic (exact) mass is 172 g/mol. The number of phosphoric ester groups is 1. The quantitative estimate of drug-likeness (QED) is 0.474. The summed E-state index contributed by atoms with van der Waals surface area (Å²) < 4.78 is 13.1. The first-order valence-electron chi connectivity index (χ1n) is 2.10. The molecule has 0 spiro atoms. The Kier molecular flexibility index (Phi) is 6.59. The lowest BCUT2D eigenvalue weighted by molar-refractivity contribution is -0.134. The van der Waals surface area contributed by atoms with Gasteiger partial charge in [0.25, 0.3) is 5.97 Å². The molecule has 0 fully saturated rings. The molecule has 0 aliphatic rings. The maximum absolute atomic E-state index is 9.47. The van der Waals surface area contributed by atoms with Crippen LogP contribution in [0.15, 0.2) is 0 Å². The fourth-order valence-corrected chi connectivity index (χ4v) is 0. The zero-order valence-electron chi connectivity index (χ0n) is 5.51. The third-order valence-corrected chi connectivity index (χ3v) is 0.714. The molecular weight excluding hydrogens is 163 g/mol. The van der Waals surface area contributed by atoms with Crippen molar-refractivity contribution < 1.29 is 28.8 Å². The van der Waals surface area contributed by atoms with Crippen molar-refractivity contribution in [2.75, 3.05) is 7.11 Å². The fourth-order valence-electron chi connectivity index (χ4n) is 0. The Hall–Kier alpha value is -0.420. The van der Waals surface area contributed by atoms with Gasteiger partial charge < -0.3 is 14.9 Å². The number of carboxylic acid groups (broad SMARTS) is 1. The van der Waals surface area contributed by atoms with Crippen LogP contribution in [0, 0.1) is 0 Å². The smallest absolute Gasteiger partial charge is 0.469 e. The molecule has 0 saturated carbocycles. The zero-order chi connectivity index (χ0) is 8.78. The molecule has 7 heteroatoms. The molecule has 0 aromatic carbocycles. The van der Waals surface area contributed by atoms with Gasteiger partial charge in [0.2, 0.25) is 0 Å². The highest BCUT2D eigenvalue weighted by atomic mass is 31.2. The van der Waals surface area contributed by atoms with Gasteiger partial charge in [0, 0.05) is 14.0 Å². The van der Waals surface area contributed by atoms with E-state index in [2.05, 4.69) is 4.52 Å². The number of hydrogen-bond donors (Lipinski definition) is 3. The summed E-state index contributed by atoms with van der Waals surface area (Å²) in [5.74, 6) is -0.833. The van der Waals surface area contributed by atoms with Crippen LogP contribution in [0.3, 0.4) is 0 Å². The SMILES string of the molecule is CC(=O)O.COP(=O)(O)O. The van der Waals surface area contributed by atoms with Gasteiger partial charge in [-0.1, -0.05) is 0 Å². The number of rotatable bonds is 1. The van der Waals surface area contributed by atoms with Crippen LogP contribution < -0.4 is 0 Å². The normalized spacial score (nSPS) is 9.60. The number of carboxylic acids is 1. The average Bonchev–Trinajstić information content (AvgIpc) is 1.63.